The summed E-state index contributed by atoms with van der Waals surface area (Å²) in [5.74, 6) is -0.309. The van der Waals surface area contributed by atoms with E-state index in [9.17, 15) is 9.59 Å². The van der Waals surface area contributed by atoms with E-state index < -0.39 is 0 Å². The average molecular weight is 286 g/mol. The van der Waals surface area contributed by atoms with Crippen molar-refractivity contribution in [3.63, 3.8) is 0 Å². The van der Waals surface area contributed by atoms with Gasteiger partial charge in [0, 0.05) is 18.7 Å². The van der Waals surface area contributed by atoms with Gasteiger partial charge in [0.1, 0.15) is 5.70 Å². The molecule has 1 aromatic rings. The zero-order valence-electron chi connectivity index (χ0n) is 12.7. The molecule has 1 heterocycles. The van der Waals surface area contributed by atoms with Crippen molar-refractivity contribution < 1.29 is 9.59 Å². The molecule has 0 aromatic heterocycles. The first kappa shape index (κ1) is 15.3. The molecule has 4 heteroatoms. The van der Waals surface area contributed by atoms with Gasteiger partial charge in [0.2, 0.25) is 0 Å². The molecule has 1 saturated heterocycles. The van der Waals surface area contributed by atoms with Gasteiger partial charge >= 0.3 is 0 Å². The van der Waals surface area contributed by atoms with Crippen molar-refractivity contribution in [2.24, 2.45) is 0 Å². The Labute approximate surface area is 125 Å². The van der Waals surface area contributed by atoms with Crippen LogP contribution >= 0.6 is 0 Å². The molecule has 2 amide bonds. The van der Waals surface area contributed by atoms with Crippen LogP contribution in [0.2, 0.25) is 0 Å². The predicted octanol–water partition coefficient (Wildman–Crippen LogP) is 2.72. The van der Waals surface area contributed by atoms with Crippen LogP contribution in [0.1, 0.15) is 43.5 Å². The monoisotopic (exact) mass is 286 g/mol. The number of likely N-dealkylation sites (tertiary alicyclic amines) is 1. The molecule has 21 heavy (non-hydrogen) atoms. The Morgan fingerprint density at radius 3 is 2.19 bits per heavy atom. The van der Waals surface area contributed by atoms with Crippen LogP contribution in [0.3, 0.4) is 0 Å². The zero-order valence-corrected chi connectivity index (χ0v) is 12.7. The summed E-state index contributed by atoms with van der Waals surface area (Å²) in [7, 11) is 0. The molecule has 4 nitrogen and oxygen atoms in total. The van der Waals surface area contributed by atoms with Crippen LogP contribution < -0.4 is 5.32 Å². The molecule has 0 radical (unpaired) electrons. The molecule has 0 atom stereocenters. The van der Waals surface area contributed by atoms with Crippen molar-refractivity contribution in [3.8, 4) is 0 Å². The van der Waals surface area contributed by atoms with Crippen LogP contribution in [0, 0.1) is 0 Å². The number of allylic oxidation sites excluding steroid dienone is 1. The number of benzene rings is 1. The number of nitrogens with one attached hydrogen (secondary N) is 1. The van der Waals surface area contributed by atoms with E-state index in [2.05, 4.69) is 5.32 Å². The second-order valence-corrected chi connectivity index (χ2v) is 5.55. The van der Waals surface area contributed by atoms with Crippen molar-refractivity contribution in [1.82, 2.24) is 10.2 Å². The van der Waals surface area contributed by atoms with Crippen molar-refractivity contribution in [2.45, 2.75) is 33.1 Å². The molecule has 1 fully saturated rings. The SMILES string of the molecule is CC(C)=C(NC(=O)c1ccccc1)C(=O)N1CCCCC1. The van der Waals surface area contributed by atoms with Crippen LogP contribution in [-0.4, -0.2) is 29.8 Å². The summed E-state index contributed by atoms with van der Waals surface area (Å²) < 4.78 is 0. The number of carbonyl (C=O) groups is 2. The molecule has 0 aliphatic carbocycles. The van der Waals surface area contributed by atoms with Crippen molar-refractivity contribution >= 4 is 11.8 Å². The van der Waals surface area contributed by atoms with Crippen molar-refractivity contribution in [2.75, 3.05) is 13.1 Å². The molecule has 1 aromatic carbocycles. The first-order chi connectivity index (χ1) is 10.1. The van der Waals surface area contributed by atoms with E-state index in [4.69, 9.17) is 0 Å². The van der Waals surface area contributed by atoms with Gasteiger partial charge in [0.15, 0.2) is 0 Å². The fraction of sp³-hybridized carbons (Fsp3) is 0.412. The number of hydrogen-bond acceptors (Lipinski definition) is 2. The van der Waals surface area contributed by atoms with Crippen LogP contribution in [0.25, 0.3) is 0 Å². The number of hydrogen-bond donors (Lipinski definition) is 1. The second kappa shape index (κ2) is 7.07. The third-order valence-electron chi connectivity index (χ3n) is 3.63. The molecular formula is C17H22N2O2. The van der Waals surface area contributed by atoms with E-state index in [-0.39, 0.29) is 11.8 Å². The Balaban J connectivity index is 2.11. The number of rotatable bonds is 3. The van der Waals surface area contributed by atoms with E-state index in [1.165, 1.54) is 6.42 Å². The summed E-state index contributed by atoms with van der Waals surface area (Å²) in [5, 5.41) is 2.78. The smallest absolute Gasteiger partial charge is 0.270 e. The van der Waals surface area contributed by atoms with E-state index in [0.717, 1.165) is 31.5 Å². The lowest BCUT2D eigenvalue weighted by molar-refractivity contribution is -0.128. The Morgan fingerprint density at radius 2 is 1.62 bits per heavy atom. The van der Waals surface area contributed by atoms with Gasteiger partial charge in [-0.3, -0.25) is 9.59 Å². The highest BCUT2D eigenvalue weighted by atomic mass is 16.2. The number of piperidine rings is 1. The van der Waals surface area contributed by atoms with Gasteiger partial charge in [0.05, 0.1) is 0 Å². The van der Waals surface area contributed by atoms with Gasteiger partial charge in [-0.1, -0.05) is 18.2 Å². The molecule has 0 saturated carbocycles. The maximum Gasteiger partial charge on any atom is 0.270 e. The summed E-state index contributed by atoms with van der Waals surface area (Å²) in [6, 6.07) is 8.96. The van der Waals surface area contributed by atoms with E-state index in [1.54, 1.807) is 12.1 Å². The van der Waals surface area contributed by atoms with Gasteiger partial charge in [-0.15, -0.1) is 0 Å². The number of nitrogens with zero attached hydrogens (tertiary/aromatic N) is 1. The molecule has 1 aliphatic rings. The lowest BCUT2D eigenvalue weighted by Crippen LogP contribution is -2.41. The van der Waals surface area contributed by atoms with Crippen LogP contribution in [0.15, 0.2) is 41.6 Å². The maximum absolute atomic E-state index is 12.6. The minimum absolute atomic E-state index is 0.0704. The standard InChI is InChI=1S/C17H22N2O2/c1-13(2)15(17(21)19-11-7-4-8-12-19)18-16(20)14-9-5-3-6-10-14/h3,5-6,9-10H,4,7-8,11-12H2,1-2H3,(H,18,20). The number of carbonyl (C=O) groups excluding carboxylic acids is 2. The topological polar surface area (TPSA) is 49.4 Å². The van der Waals surface area contributed by atoms with Gasteiger partial charge in [-0.05, 0) is 50.8 Å². The Morgan fingerprint density at radius 1 is 1.00 bits per heavy atom. The van der Waals surface area contributed by atoms with E-state index >= 15 is 0 Å². The van der Waals surface area contributed by atoms with Crippen LogP contribution in [0.4, 0.5) is 0 Å². The first-order valence-electron chi connectivity index (χ1n) is 7.42. The zero-order chi connectivity index (χ0) is 15.2. The van der Waals surface area contributed by atoms with Crippen molar-refractivity contribution in [1.29, 1.82) is 0 Å². The highest BCUT2D eigenvalue weighted by Crippen LogP contribution is 2.13. The number of amides is 2. The summed E-state index contributed by atoms with van der Waals surface area (Å²) in [4.78, 5) is 26.6. The van der Waals surface area contributed by atoms with E-state index in [1.807, 2.05) is 36.9 Å². The van der Waals surface area contributed by atoms with Gasteiger partial charge in [0.25, 0.3) is 11.8 Å². The largest absolute Gasteiger partial charge is 0.337 e. The fourth-order valence-electron chi connectivity index (χ4n) is 2.42. The maximum atomic E-state index is 12.6. The molecule has 0 bridgehead atoms. The van der Waals surface area contributed by atoms with Gasteiger partial charge in [-0.2, -0.15) is 0 Å². The minimum atomic E-state index is -0.239. The Hall–Kier alpha value is -2.10. The molecule has 0 spiro atoms. The Bertz CT molecular complexity index is 539. The lowest BCUT2D eigenvalue weighted by Gasteiger charge is -2.28. The highest BCUT2D eigenvalue weighted by molar-refractivity contribution is 6.03. The first-order valence-corrected chi connectivity index (χ1v) is 7.42. The predicted molar refractivity (Wildman–Crippen MR) is 82.7 cm³/mol. The van der Waals surface area contributed by atoms with Crippen LogP contribution in [-0.2, 0) is 4.79 Å². The molecule has 0 unspecified atom stereocenters. The average Bonchev–Trinajstić information content (AvgIpc) is 2.53. The molecule has 1 aliphatic heterocycles. The Kier molecular flexibility index (Phi) is 5.14. The minimum Gasteiger partial charge on any atom is -0.337 e. The highest BCUT2D eigenvalue weighted by Gasteiger charge is 2.22. The molecule has 112 valence electrons. The third kappa shape index (κ3) is 3.94. The lowest BCUT2D eigenvalue weighted by atomic mass is 10.1. The molecular weight excluding hydrogens is 264 g/mol. The fourth-order valence-corrected chi connectivity index (χ4v) is 2.42. The van der Waals surface area contributed by atoms with Gasteiger partial charge in [-0.25, -0.2) is 0 Å². The summed E-state index contributed by atoms with van der Waals surface area (Å²) in [6.45, 7) is 5.25. The molecule has 2 rings (SSSR count). The molecule has 1 N–H and O–H groups in total. The second-order valence-electron chi connectivity index (χ2n) is 5.55. The van der Waals surface area contributed by atoms with Crippen LogP contribution in [0.5, 0.6) is 0 Å². The quantitative estimate of drug-likeness (QED) is 0.869. The van der Waals surface area contributed by atoms with E-state index in [0.29, 0.717) is 11.3 Å². The van der Waals surface area contributed by atoms with Gasteiger partial charge < -0.3 is 10.2 Å². The third-order valence-corrected chi connectivity index (χ3v) is 3.63. The summed E-state index contributed by atoms with van der Waals surface area (Å²) >= 11 is 0. The summed E-state index contributed by atoms with van der Waals surface area (Å²) in [6.07, 6.45) is 3.24. The normalized spacial score (nSPS) is 14.5. The van der Waals surface area contributed by atoms with Crippen molar-refractivity contribution in [3.05, 3.63) is 47.2 Å². The summed E-state index contributed by atoms with van der Waals surface area (Å²) in [5.41, 5.74) is 1.79.